The SMILES string of the molecule is COc1ccc2ccc(OC(=O)CCc3ccc(F)cc3)cc2c1. The zero-order valence-corrected chi connectivity index (χ0v) is 13.3. The predicted molar refractivity (Wildman–Crippen MR) is 90.9 cm³/mol. The molecule has 3 aromatic carbocycles. The average molecular weight is 324 g/mol. The number of rotatable bonds is 5. The molecule has 0 amide bonds. The highest BCUT2D eigenvalue weighted by Crippen LogP contribution is 2.25. The van der Waals surface area contributed by atoms with Gasteiger partial charge >= 0.3 is 5.97 Å². The highest BCUT2D eigenvalue weighted by Gasteiger charge is 2.07. The molecule has 3 aromatic rings. The van der Waals surface area contributed by atoms with Gasteiger partial charge in [-0.3, -0.25) is 4.79 Å². The molecule has 122 valence electrons. The molecule has 0 aliphatic heterocycles. The van der Waals surface area contributed by atoms with Crippen LogP contribution in [0, 0.1) is 5.82 Å². The molecule has 0 fully saturated rings. The Hall–Kier alpha value is -2.88. The van der Waals surface area contributed by atoms with Crippen LogP contribution in [0.15, 0.2) is 60.7 Å². The molecule has 0 N–H and O–H groups in total. The van der Waals surface area contributed by atoms with E-state index in [9.17, 15) is 9.18 Å². The van der Waals surface area contributed by atoms with Crippen molar-refractivity contribution in [3.63, 3.8) is 0 Å². The third-order valence-electron chi connectivity index (χ3n) is 3.78. The Kier molecular flexibility index (Phi) is 4.75. The lowest BCUT2D eigenvalue weighted by atomic mass is 10.1. The summed E-state index contributed by atoms with van der Waals surface area (Å²) in [6, 6.07) is 17.3. The van der Waals surface area contributed by atoms with Crippen LogP contribution in [0.4, 0.5) is 4.39 Å². The van der Waals surface area contributed by atoms with Gasteiger partial charge in [0.05, 0.1) is 7.11 Å². The number of esters is 1. The summed E-state index contributed by atoms with van der Waals surface area (Å²) in [4.78, 5) is 12.0. The predicted octanol–water partition coefficient (Wildman–Crippen LogP) is 4.53. The van der Waals surface area contributed by atoms with Gasteiger partial charge in [-0.2, -0.15) is 0 Å². The van der Waals surface area contributed by atoms with Crippen molar-refractivity contribution in [3.8, 4) is 11.5 Å². The first kappa shape index (κ1) is 16.0. The molecule has 0 radical (unpaired) electrons. The van der Waals surface area contributed by atoms with E-state index >= 15 is 0 Å². The topological polar surface area (TPSA) is 35.5 Å². The van der Waals surface area contributed by atoms with Gasteiger partial charge in [0.2, 0.25) is 0 Å². The normalized spacial score (nSPS) is 10.6. The van der Waals surface area contributed by atoms with E-state index in [1.54, 1.807) is 25.3 Å². The molecule has 0 bridgehead atoms. The van der Waals surface area contributed by atoms with E-state index in [4.69, 9.17) is 9.47 Å². The summed E-state index contributed by atoms with van der Waals surface area (Å²) in [5.74, 6) is 0.650. The number of methoxy groups -OCH3 is 1. The number of ether oxygens (including phenoxy) is 2. The number of fused-ring (bicyclic) bond motifs is 1. The van der Waals surface area contributed by atoms with Crippen molar-refractivity contribution < 1.29 is 18.7 Å². The lowest BCUT2D eigenvalue weighted by Crippen LogP contribution is -2.09. The molecule has 3 nitrogen and oxygen atoms in total. The Morgan fingerprint density at radius 2 is 1.58 bits per heavy atom. The van der Waals surface area contributed by atoms with Gasteiger partial charge < -0.3 is 9.47 Å². The molecular weight excluding hydrogens is 307 g/mol. The van der Waals surface area contributed by atoms with Crippen LogP contribution < -0.4 is 9.47 Å². The van der Waals surface area contributed by atoms with Crippen LogP contribution in [-0.2, 0) is 11.2 Å². The quantitative estimate of drug-likeness (QED) is 0.511. The van der Waals surface area contributed by atoms with E-state index < -0.39 is 0 Å². The van der Waals surface area contributed by atoms with Gasteiger partial charge in [0.15, 0.2) is 0 Å². The average Bonchev–Trinajstić information content (AvgIpc) is 2.60. The second kappa shape index (κ2) is 7.13. The molecule has 0 aliphatic carbocycles. The molecule has 0 aromatic heterocycles. The number of hydrogen-bond acceptors (Lipinski definition) is 3. The molecule has 0 saturated heterocycles. The van der Waals surface area contributed by atoms with Gasteiger partial charge in [-0.1, -0.05) is 24.3 Å². The molecule has 0 saturated carbocycles. The van der Waals surface area contributed by atoms with Crippen molar-refractivity contribution in [2.45, 2.75) is 12.8 Å². The minimum Gasteiger partial charge on any atom is -0.497 e. The highest BCUT2D eigenvalue weighted by atomic mass is 19.1. The summed E-state index contributed by atoms with van der Waals surface area (Å²) in [6.07, 6.45) is 0.752. The van der Waals surface area contributed by atoms with Crippen molar-refractivity contribution >= 4 is 16.7 Å². The van der Waals surface area contributed by atoms with E-state index in [1.807, 2.05) is 30.3 Å². The summed E-state index contributed by atoms with van der Waals surface area (Å²) in [5, 5.41) is 1.99. The number of aryl methyl sites for hydroxylation is 1. The molecule has 0 atom stereocenters. The maximum atomic E-state index is 12.9. The molecule has 0 spiro atoms. The van der Waals surface area contributed by atoms with Crippen molar-refractivity contribution in [1.29, 1.82) is 0 Å². The molecule has 0 aliphatic rings. The number of carbonyl (C=O) groups is 1. The van der Waals surface area contributed by atoms with Crippen molar-refractivity contribution in [2.75, 3.05) is 7.11 Å². The summed E-state index contributed by atoms with van der Waals surface area (Å²) >= 11 is 0. The largest absolute Gasteiger partial charge is 0.497 e. The van der Waals surface area contributed by atoms with Gasteiger partial charge in [0.25, 0.3) is 0 Å². The smallest absolute Gasteiger partial charge is 0.311 e. The molecule has 0 unspecified atom stereocenters. The van der Waals surface area contributed by atoms with Crippen LogP contribution in [0.1, 0.15) is 12.0 Å². The summed E-state index contributed by atoms with van der Waals surface area (Å²) in [6.45, 7) is 0. The first-order valence-corrected chi connectivity index (χ1v) is 7.67. The standard InChI is InChI=1S/C20H17FO3/c1-23-18-9-5-15-6-10-19(13-16(15)12-18)24-20(22)11-4-14-2-7-17(21)8-3-14/h2-3,5-10,12-13H,4,11H2,1H3. The molecule has 24 heavy (non-hydrogen) atoms. The van der Waals surface area contributed by atoms with E-state index in [2.05, 4.69) is 0 Å². The molecule has 0 heterocycles. The van der Waals surface area contributed by atoms with E-state index in [1.165, 1.54) is 12.1 Å². The lowest BCUT2D eigenvalue weighted by molar-refractivity contribution is -0.134. The fraction of sp³-hybridized carbons (Fsp3) is 0.150. The van der Waals surface area contributed by atoms with E-state index in [-0.39, 0.29) is 18.2 Å². The van der Waals surface area contributed by atoms with Crippen LogP contribution in [0.25, 0.3) is 10.8 Å². The van der Waals surface area contributed by atoms with E-state index in [0.29, 0.717) is 12.2 Å². The second-order valence-electron chi connectivity index (χ2n) is 5.48. The number of benzene rings is 3. The fourth-order valence-corrected chi connectivity index (χ4v) is 2.47. The third kappa shape index (κ3) is 3.90. The monoisotopic (exact) mass is 324 g/mol. The Bertz CT molecular complexity index is 856. The lowest BCUT2D eigenvalue weighted by Gasteiger charge is -2.07. The molecule has 3 rings (SSSR count). The maximum Gasteiger partial charge on any atom is 0.311 e. The Morgan fingerprint density at radius 3 is 2.29 bits per heavy atom. The number of carbonyl (C=O) groups excluding carboxylic acids is 1. The van der Waals surface area contributed by atoms with Crippen LogP contribution in [0.3, 0.4) is 0 Å². The van der Waals surface area contributed by atoms with E-state index in [0.717, 1.165) is 22.1 Å². The first-order chi connectivity index (χ1) is 11.6. The zero-order chi connectivity index (χ0) is 16.9. The minimum absolute atomic E-state index is 0.238. The van der Waals surface area contributed by atoms with Gasteiger partial charge in [-0.05, 0) is 59.2 Å². The summed E-state index contributed by atoms with van der Waals surface area (Å²) < 4.78 is 23.4. The van der Waals surface area contributed by atoms with Gasteiger partial charge in [0.1, 0.15) is 17.3 Å². The van der Waals surface area contributed by atoms with Gasteiger partial charge in [-0.15, -0.1) is 0 Å². The first-order valence-electron chi connectivity index (χ1n) is 7.67. The summed E-state index contributed by atoms with van der Waals surface area (Å²) in [5.41, 5.74) is 0.900. The Morgan fingerprint density at radius 1 is 0.917 bits per heavy atom. The van der Waals surface area contributed by atoms with Gasteiger partial charge in [-0.25, -0.2) is 4.39 Å². The minimum atomic E-state index is -0.318. The molecule has 4 heteroatoms. The Balaban J connectivity index is 1.65. The van der Waals surface area contributed by atoms with Crippen LogP contribution in [0.5, 0.6) is 11.5 Å². The van der Waals surface area contributed by atoms with Crippen LogP contribution in [-0.4, -0.2) is 13.1 Å². The Labute approximate surface area is 139 Å². The van der Waals surface area contributed by atoms with Crippen LogP contribution in [0.2, 0.25) is 0 Å². The third-order valence-corrected chi connectivity index (χ3v) is 3.78. The van der Waals surface area contributed by atoms with Crippen LogP contribution >= 0.6 is 0 Å². The number of hydrogen-bond donors (Lipinski definition) is 0. The summed E-state index contributed by atoms with van der Waals surface area (Å²) in [7, 11) is 1.61. The van der Waals surface area contributed by atoms with Gasteiger partial charge in [0, 0.05) is 6.42 Å². The second-order valence-corrected chi connectivity index (χ2v) is 5.48. The molecular formula is C20H17FO3. The van der Waals surface area contributed by atoms with Crippen molar-refractivity contribution in [2.24, 2.45) is 0 Å². The fourth-order valence-electron chi connectivity index (χ4n) is 2.47. The van der Waals surface area contributed by atoms with Crippen molar-refractivity contribution in [1.82, 2.24) is 0 Å². The zero-order valence-electron chi connectivity index (χ0n) is 13.3. The number of halogens is 1. The van der Waals surface area contributed by atoms with Crippen molar-refractivity contribution in [3.05, 3.63) is 72.0 Å². The highest BCUT2D eigenvalue weighted by molar-refractivity contribution is 5.86. The maximum absolute atomic E-state index is 12.9.